The molecule has 0 amide bonds. The molecule has 0 aliphatic carbocycles. The van der Waals surface area contributed by atoms with Gasteiger partial charge in [0.05, 0.1) is 0 Å². The molecule has 1 aromatic carbocycles. The normalized spacial score (nSPS) is 10.1. The molecule has 1 aromatic heterocycles. The van der Waals surface area contributed by atoms with Crippen molar-refractivity contribution in [2.75, 3.05) is 5.75 Å². The Morgan fingerprint density at radius 2 is 2.06 bits per heavy atom. The Morgan fingerprint density at radius 3 is 2.76 bits per heavy atom. The van der Waals surface area contributed by atoms with Crippen molar-refractivity contribution in [1.29, 1.82) is 0 Å². The number of H-pyrrole nitrogens is 1. The van der Waals surface area contributed by atoms with Crippen molar-refractivity contribution >= 4 is 11.8 Å². The number of hydrogen-bond acceptors (Lipinski definition) is 4. The number of benzene rings is 1. The molecule has 2 aromatic rings. The van der Waals surface area contributed by atoms with Gasteiger partial charge in [0, 0.05) is 11.3 Å². The van der Waals surface area contributed by atoms with Crippen LogP contribution in [0.2, 0.25) is 0 Å². The van der Waals surface area contributed by atoms with Crippen LogP contribution in [0.15, 0.2) is 52.9 Å². The van der Waals surface area contributed by atoms with Gasteiger partial charge in [-0.3, -0.25) is 4.98 Å². The minimum atomic E-state index is -0.384. The third kappa shape index (κ3) is 3.04. The smallest absolute Gasteiger partial charge is 0.290 e. The number of nitrogens with zero attached hydrogens (tertiary/aromatic N) is 2. The number of hydrogen-bond donors (Lipinski definition) is 1. The highest BCUT2D eigenvalue weighted by molar-refractivity contribution is 7.99. The van der Waals surface area contributed by atoms with Crippen LogP contribution >= 0.6 is 11.8 Å². The summed E-state index contributed by atoms with van der Waals surface area (Å²) >= 11 is 1.38. The number of aromatic amines is 1. The molecule has 0 saturated heterocycles. The van der Waals surface area contributed by atoms with E-state index in [0.29, 0.717) is 16.7 Å². The summed E-state index contributed by atoms with van der Waals surface area (Å²) in [7, 11) is 0. The summed E-state index contributed by atoms with van der Waals surface area (Å²) < 4.78 is 0. The molecule has 17 heavy (non-hydrogen) atoms. The first-order valence-electron chi connectivity index (χ1n) is 5.07. The van der Waals surface area contributed by atoms with Gasteiger partial charge >= 0.3 is 5.69 Å². The second kappa shape index (κ2) is 5.45. The van der Waals surface area contributed by atoms with Crippen molar-refractivity contribution in [3.8, 4) is 11.4 Å². The Balaban J connectivity index is 2.38. The van der Waals surface area contributed by atoms with Gasteiger partial charge in [-0.05, 0) is 0 Å². The van der Waals surface area contributed by atoms with Gasteiger partial charge in [0.1, 0.15) is 5.82 Å². The number of aromatic nitrogens is 3. The lowest BCUT2D eigenvalue weighted by molar-refractivity contribution is 0.871. The van der Waals surface area contributed by atoms with E-state index in [1.807, 2.05) is 30.3 Å². The number of thioether (sulfide) groups is 1. The molecule has 0 radical (unpaired) electrons. The van der Waals surface area contributed by atoms with Crippen LogP contribution in [0.1, 0.15) is 0 Å². The van der Waals surface area contributed by atoms with Crippen LogP contribution in [0.5, 0.6) is 0 Å². The Labute approximate surface area is 103 Å². The molecular formula is C12H11N3OS. The molecule has 0 unspecified atom stereocenters. The minimum absolute atomic E-state index is 0.384. The molecule has 0 aliphatic rings. The maximum Gasteiger partial charge on any atom is 0.349 e. The SMILES string of the molecule is C=CCSc1nc(-c2ccccc2)[nH]c(=O)n1. The van der Waals surface area contributed by atoms with E-state index < -0.39 is 0 Å². The monoisotopic (exact) mass is 245 g/mol. The highest BCUT2D eigenvalue weighted by atomic mass is 32.2. The lowest BCUT2D eigenvalue weighted by atomic mass is 10.2. The molecule has 1 N–H and O–H groups in total. The van der Waals surface area contributed by atoms with Crippen molar-refractivity contribution in [3.05, 3.63) is 53.5 Å². The summed E-state index contributed by atoms with van der Waals surface area (Å²) in [5.74, 6) is 1.22. The summed E-state index contributed by atoms with van der Waals surface area (Å²) in [4.78, 5) is 22.1. The van der Waals surface area contributed by atoms with Crippen molar-refractivity contribution in [1.82, 2.24) is 15.0 Å². The first-order chi connectivity index (χ1) is 8.29. The van der Waals surface area contributed by atoms with E-state index in [1.54, 1.807) is 6.08 Å². The van der Waals surface area contributed by atoms with E-state index in [-0.39, 0.29) is 5.69 Å². The molecule has 0 saturated carbocycles. The fraction of sp³-hybridized carbons (Fsp3) is 0.0833. The summed E-state index contributed by atoms with van der Waals surface area (Å²) in [5.41, 5.74) is 0.484. The first kappa shape index (κ1) is 11.6. The zero-order valence-corrected chi connectivity index (χ0v) is 9.91. The molecule has 2 rings (SSSR count). The van der Waals surface area contributed by atoms with E-state index in [4.69, 9.17) is 0 Å². The molecule has 4 nitrogen and oxygen atoms in total. The van der Waals surface area contributed by atoms with Crippen LogP contribution in [0.25, 0.3) is 11.4 Å². The topological polar surface area (TPSA) is 58.6 Å². The quantitative estimate of drug-likeness (QED) is 0.662. The van der Waals surface area contributed by atoms with Gasteiger partial charge in [-0.25, -0.2) is 9.78 Å². The fourth-order valence-electron chi connectivity index (χ4n) is 1.30. The average Bonchev–Trinajstić information content (AvgIpc) is 2.37. The van der Waals surface area contributed by atoms with E-state index in [2.05, 4.69) is 21.5 Å². The molecule has 86 valence electrons. The van der Waals surface area contributed by atoms with Gasteiger partial charge in [-0.2, -0.15) is 4.98 Å². The Bertz CT molecular complexity index is 565. The molecule has 0 aliphatic heterocycles. The second-order valence-electron chi connectivity index (χ2n) is 3.25. The van der Waals surface area contributed by atoms with Gasteiger partial charge in [-0.15, -0.1) is 6.58 Å². The standard InChI is InChI=1S/C12H11N3OS/c1-2-8-17-12-14-10(13-11(16)15-12)9-6-4-3-5-7-9/h2-7H,1,8H2,(H,13,14,15,16). The molecule has 0 spiro atoms. The minimum Gasteiger partial charge on any atom is -0.290 e. The molecule has 5 heteroatoms. The third-order valence-electron chi connectivity index (χ3n) is 2.01. The van der Waals surface area contributed by atoms with Crippen molar-refractivity contribution < 1.29 is 0 Å². The van der Waals surface area contributed by atoms with Crippen LogP contribution in [-0.4, -0.2) is 20.7 Å². The summed E-state index contributed by atoms with van der Waals surface area (Å²) in [6.45, 7) is 3.62. The van der Waals surface area contributed by atoms with Gasteiger partial charge in [0.2, 0.25) is 0 Å². The Morgan fingerprint density at radius 1 is 1.29 bits per heavy atom. The van der Waals surface area contributed by atoms with E-state index >= 15 is 0 Å². The average molecular weight is 245 g/mol. The van der Waals surface area contributed by atoms with E-state index in [9.17, 15) is 4.79 Å². The highest BCUT2D eigenvalue weighted by Gasteiger charge is 2.04. The predicted molar refractivity (Wildman–Crippen MR) is 69.0 cm³/mol. The van der Waals surface area contributed by atoms with Gasteiger partial charge in [0.25, 0.3) is 0 Å². The number of rotatable bonds is 4. The molecular weight excluding hydrogens is 234 g/mol. The molecule has 1 heterocycles. The third-order valence-corrected chi connectivity index (χ3v) is 2.85. The Hall–Kier alpha value is -1.88. The van der Waals surface area contributed by atoms with E-state index in [1.165, 1.54) is 11.8 Å². The summed E-state index contributed by atoms with van der Waals surface area (Å²) in [6, 6.07) is 9.48. The molecule has 0 fully saturated rings. The predicted octanol–water partition coefficient (Wildman–Crippen LogP) is 2.11. The van der Waals surface area contributed by atoms with Gasteiger partial charge in [-0.1, -0.05) is 48.2 Å². The maximum absolute atomic E-state index is 11.4. The molecule has 0 atom stereocenters. The largest absolute Gasteiger partial charge is 0.349 e. The zero-order chi connectivity index (χ0) is 12.1. The number of nitrogens with one attached hydrogen (secondary N) is 1. The Kier molecular flexibility index (Phi) is 3.72. The molecule has 0 bridgehead atoms. The maximum atomic E-state index is 11.4. The first-order valence-corrected chi connectivity index (χ1v) is 6.05. The van der Waals surface area contributed by atoms with Crippen LogP contribution in [0.4, 0.5) is 0 Å². The van der Waals surface area contributed by atoms with Crippen LogP contribution < -0.4 is 5.69 Å². The lowest BCUT2D eigenvalue weighted by Gasteiger charge is -2.01. The summed E-state index contributed by atoms with van der Waals surface area (Å²) in [5, 5.41) is 0.465. The van der Waals surface area contributed by atoms with Crippen LogP contribution in [0, 0.1) is 0 Å². The van der Waals surface area contributed by atoms with Crippen molar-refractivity contribution in [2.45, 2.75) is 5.16 Å². The second-order valence-corrected chi connectivity index (χ2v) is 4.24. The van der Waals surface area contributed by atoms with E-state index in [0.717, 1.165) is 5.56 Å². The van der Waals surface area contributed by atoms with Crippen LogP contribution in [0.3, 0.4) is 0 Å². The van der Waals surface area contributed by atoms with Crippen molar-refractivity contribution in [3.63, 3.8) is 0 Å². The lowest BCUT2D eigenvalue weighted by Crippen LogP contribution is -2.14. The van der Waals surface area contributed by atoms with Gasteiger partial charge in [0.15, 0.2) is 5.16 Å². The zero-order valence-electron chi connectivity index (χ0n) is 9.09. The van der Waals surface area contributed by atoms with Crippen molar-refractivity contribution in [2.24, 2.45) is 0 Å². The summed E-state index contributed by atoms with van der Waals surface area (Å²) in [6.07, 6.45) is 1.75. The van der Waals surface area contributed by atoms with Crippen LogP contribution in [-0.2, 0) is 0 Å². The van der Waals surface area contributed by atoms with Gasteiger partial charge < -0.3 is 0 Å². The highest BCUT2D eigenvalue weighted by Crippen LogP contribution is 2.16. The fourth-order valence-corrected chi connectivity index (χ4v) is 1.87.